The number of fused-ring (bicyclic) bond motifs is 1. The Balaban J connectivity index is 0.00000180. The first-order valence-corrected chi connectivity index (χ1v) is 5.25. The Morgan fingerprint density at radius 2 is 2.11 bits per heavy atom. The lowest BCUT2D eigenvalue weighted by Gasteiger charge is -2.09. The van der Waals surface area contributed by atoms with Gasteiger partial charge in [0.15, 0.2) is 5.52 Å². The molecule has 1 N–H and O–H groups in total. The van der Waals surface area contributed by atoms with Crippen LogP contribution in [0, 0.1) is 6.92 Å². The number of carbonyl (C=O) groups is 1. The van der Waals surface area contributed by atoms with Crippen LogP contribution in [0.15, 0.2) is 11.1 Å². The predicted octanol–water partition coefficient (Wildman–Crippen LogP) is -0.228. The summed E-state index contributed by atoms with van der Waals surface area (Å²) in [4.78, 5) is 28.7. The minimum absolute atomic E-state index is 0. The van der Waals surface area contributed by atoms with Crippen molar-refractivity contribution in [3.8, 4) is 0 Å². The highest BCUT2D eigenvalue weighted by atomic mass is 35.5. The van der Waals surface area contributed by atoms with Crippen LogP contribution in [0.1, 0.15) is 5.69 Å². The van der Waals surface area contributed by atoms with Gasteiger partial charge in [-0.2, -0.15) is 9.61 Å². The third-order valence-electron chi connectivity index (χ3n) is 2.49. The van der Waals surface area contributed by atoms with Crippen molar-refractivity contribution in [2.75, 3.05) is 19.0 Å². The first kappa shape index (κ1) is 15.0. The van der Waals surface area contributed by atoms with Gasteiger partial charge in [0.05, 0.1) is 5.69 Å². The van der Waals surface area contributed by atoms with E-state index < -0.39 is 18.1 Å². The zero-order chi connectivity index (χ0) is 13.4. The molecule has 2 aromatic rings. The third-order valence-corrected chi connectivity index (χ3v) is 2.49. The monoisotopic (exact) mass is 287 g/mol. The van der Waals surface area contributed by atoms with E-state index in [0.717, 1.165) is 4.57 Å². The number of hydrogen-bond donors (Lipinski definition) is 1. The van der Waals surface area contributed by atoms with Gasteiger partial charge >= 0.3 is 5.97 Å². The van der Waals surface area contributed by atoms with Gasteiger partial charge in [0.25, 0.3) is 5.56 Å². The van der Waals surface area contributed by atoms with E-state index in [4.69, 9.17) is 5.11 Å². The third kappa shape index (κ3) is 2.53. The topological polar surface area (TPSA) is 92.7 Å². The molecule has 2 heterocycles. The van der Waals surface area contributed by atoms with E-state index in [1.165, 1.54) is 10.8 Å². The van der Waals surface area contributed by atoms with E-state index in [-0.39, 0.29) is 12.4 Å². The van der Waals surface area contributed by atoms with Gasteiger partial charge < -0.3 is 10.0 Å². The Hall–Kier alpha value is -2.09. The molecule has 0 aliphatic heterocycles. The molecule has 0 atom stereocenters. The van der Waals surface area contributed by atoms with Crippen LogP contribution in [0.25, 0.3) is 5.52 Å². The Morgan fingerprint density at radius 3 is 2.63 bits per heavy atom. The first-order valence-electron chi connectivity index (χ1n) is 5.25. The van der Waals surface area contributed by atoms with E-state index in [1.54, 1.807) is 25.9 Å². The van der Waals surface area contributed by atoms with Gasteiger partial charge in [-0.25, -0.2) is 4.98 Å². The highest BCUT2D eigenvalue weighted by Crippen LogP contribution is 2.12. The van der Waals surface area contributed by atoms with E-state index in [2.05, 4.69) is 10.1 Å². The molecule has 0 saturated carbocycles. The summed E-state index contributed by atoms with van der Waals surface area (Å²) in [5.41, 5.74) is 0.406. The molecule has 0 aromatic carbocycles. The summed E-state index contributed by atoms with van der Waals surface area (Å²) >= 11 is 0. The molecular weight excluding hydrogens is 274 g/mol. The molecule has 0 amide bonds. The molecule has 0 saturated heterocycles. The van der Waals surface area contributed by atoms with Crippen molar-refractivity contribution in [2.24, 2.45) is 0 Å². The normalized spacial score (nSPS) is 10.3. The summed E-state index contributed by atoms with van der Waals surface area (Å²) in [6.45, 7) is 1.28. The molecule has 0 fully saturated rings. The van der Waals surface area contributed by atoms with E-state index in [9.17, 15) is 9.59 Å². The molecule has 0 radical (unpaired) electrons. The number of carboxylic acids is 1. The number of aromatic nitrogens is 4. The van der Waals surface area contributed by atoms with Gasteiger partial charge in [-0.15, -0.1) is 12.4 Å². The van der Waals surface area contributed by atoms with Gasteiger partial charge in [0, 0.05) is 14.1 Å². The van der Waals surface area contributed by atoms with Gasteiger partial charge in [0.2, 0.25) is 5.95 Å². The molecule has 0 aliphatic rings. The van der Waals surface area contributed by atoms with Crippen LogP contribution in [0.3, 0.4) is 0 Å². The molecule has 0 spiro atoms. The number of hydrogen-bond acceptors (Lipinski definition) is 5. The number of aryl methyl sites for hydroxylation is 1. The maximum atomic E-state index is 12.1. The lowest BCUT2D eigenvalue weighted by molar-refractivity contribution is -0.137. The Morgan fingerprint density at radius 1 is 1.47 bits per heavy atom. The van der Waals surface area contributed by atoms with Gasteiger partial charge in [-0.3, -0.25) is 14.2 Å². The van der Waals surface area contributed by atoms with E-state index >= 15 is 0 Å². The van der Waals surface area contributed by atoms with Crippen LogP contribution in [0.5, 0.6) is 0 Å². The summed E-state index contributed by atoms with van der Waals surface area (Å²) in [6, 6.07) is 0. The van der Waals surface area contributed by atoms with Crippen molar-refractivity contribution >= 4 is 29.8 Å². The molecule has 2 aromatic heterocycles. The highest BCUT2D eigenvalue weighted by molar-refractivity contribution is 5.85. The van der Waals surface area contributed by atoms with Crippen molar-refractivity contribution in [3.63, 3.8) is 0 Å². The molecule has 0 bridgehead atoms. The van der Waals surface area contributed by atoms with Crippen molar-refractivity contribution in [2.45, 2.75) is 13.5 Å². The summed E-state index contributed by atoms with van der Waals surface area (Å²) in [5.74, 6) is -0.560. The van der Waals surface area contributed by atoms with Crippen LogP contribution >= 0.6 is 12.4 Å². The number of carboxylic acid groups (broad SMARTS) is 1. The zero-order valence-corrected chi connectivity index (χ0v) is 11.5. The number of nitrogens with zero attached hydrogens (tertiary/aromatic N) is 5. The molecule has 19 heavy (non-hydrogen) atoms. The number of anilines is 1. The molecule has 2 rings (SSSR count). The number of aliphatic carboxylic acids is 1. The first-order chi connectivity index (χ1) is 8.41. The van der Waals surface area contributed by atoms with Crippen LogP contribution < -0.4 is 10.5 Å². The van der Waals surface area contributed by atoms with Gasteiger partial charge in [0.1, 0.15) is 12.9 Å². The average molecular weight is 288 g/mol. The number of halogens is 1. The molecule has 104 valence electrons. The Bertz CT molecular complexity index is 676. The van der Waals surface area contributed by atoms with E-state index in [1.807, 2.05) is 0 Å². The standard InChI is InChI=1S/C10H13N5O3.ClH/c1-6-8-9(18)14(4-7(16)17)5-11-15(8)10(12-6)13(2)3;/h5H,4H2,1-3H3,(H,16,17);1H. The second kappa shape index (κ2) is 5.27. The molecule has 9 heteroatoms. The second-order valence-electron chi connectivity index (χ2n) is 4.11. The minimum atomic E-state index is -1.09. The van der Waals surface area contributed by atoms with Crippen molar-refractivity contribution < 1.29 is 9.90 Å². The van der Waals surface area contributed by atoms with Crippen LogP contribution in [0.2, 0.25) is 0 Å². The lowest BCUT2D eigenvalue weighted by atomic mass is 10.4. The smallest absolute Gasteiger partial charge is 0.323 e. The summed E-state index contributed by atoms with van der Waals surface area (Å²) in [5, 5.41) is 12.8. The fraction of sp³-hybridized carbons (Fsp3) is 0.400. The van der Waals surface area contributed by atoms with Crippen LogP contribution in [-0.4, -0.2) is 44.3 Å². The quantitative estimate of drug-likeness (QED) is 0.838. The largest absolute Gasteiger partial charge is 0.480 e. The van der Waals surface area contributed by atoms with Crippen LogP contribution in [0.4, 0.5) is 5.95 Å². The Labute approximate surface area is 114 Å². The number of imidazole rings is 1. The summed E-state index contributed by atoms with van der Waals surface area (Å²) < 4.78 is 2.46. The maximum absolute atomic E-state index is 12.1. The summed E-state index contributed by atoms with van der Waals surface area (Å²) in [7, 11) is 3.58. The fourth-order valence-corrected chi connectivity index (χ4v) is 1.71. The van der Waals surface area contributed by atoms with E-state index in [0.29, 0.717) is 17.2 Å². The highest BCUT2D eigenvalue weighted by Gasteiger charge is 2.16. The summed E-state index contributed by atoms with van der Waals surface area (Å²) in [6.07, 6.45) is 1.21. The molecular formula is C10H14ClN5O3. The SMILES string of the molecule is Cc1nc(N(C)C)n2ncn(CC(=O)O)c(=O)c12.Cl. The van der Waals surface area contributed by atoms with Gasteiger partial charge in [-0.1, -0.05) is 0 Å². The minimum Gasteiger partial charge on any atom is -0.480 e. The fourth-order valence-electron chi connectivity index (χ4n) is 1.71. The van der Waals surface area contributed by atoms with Crippen molar-refractivity contribution in [3.05, 3.63) is 22.4 Å². The number of rotatable bonds is 3. The zero-order valence-electron chi connectivity index (χ0n) is 10.7. The van der Waals surface area contributed by atoms with Crippen molar-refractivity contribution in [1.82, 2.24) is 19.2 Å². The predicted molar refractivity (Wildman–Crippen MR) is 71.2 cm³/mol. The molecule has 0 unspecified atom stereocenters. The second-order valence-corrected chi connectivity index (χ2v) is 4.11. The van der Waals surface area contributed by atoms with Crippen LogP contribution in [-0.2, 0) is 11.3 Å². The maximum Gasteiger partial charge on any atom is 0.323 e. The average Bonchev–Trinajstić information content (AvgIpc) is 2.60. The molecule has 0 aliphatic carbocycles. The Kier molecular flexibility index (Phi) is 4.15. The van der Waals surface area contributed by atoms with Crippen molar-refractivity contribution in [1.29, 1.82) is 0 Å². The van der Waals surface area contributed by atoms with Gasteiger partial charge in [-0.05, 0) is 6.92 Å². The lowest BCUT2D eigenvalue weighted by Crippen LogP contribution is -2.27. The molecule has 8 nitrogen and oxygen atoms in total.